The topological polar surface area (TPSA) is 76.7 Å². The number of ketones is 1. The summed E-state index contributed by atoms with van der Waals surface area (Å²) in [6.45, 7) is 4.25. The van der Waals surface area contributed by atoms with Crippen molar-refractivity contribution in [2.24, 2.45) is 5.41 Å². The first-order valence-corrected chi connectivity index (χ1v) is 11.7. The molecule has 6 heteroatoms. The van der Waals surface area contributed by atoms with E-state index in [-0.39, 0.29) is 17.2 Å². The molecule has 35 heavy (non-hydrogen) atoms. The Labute approximate surface area is 205 Å². The molecule has 1 heterocycles. The van der Waals surface area contributed by atoms with Crippen molar-refractivity contribution in [2.75, 3.05) is 17.7 Å². The van der Waals surface area contributed by atoms with Crippen molar-refractivity contribution in [3.8, 4) is 11.5 Å². The molecule has 0 saturated carbocycles. The van der Waals surface area contributed by atoms with E-state index in [2.05, 4.69) is 24.5 Å². The summed E-state index contributed by atoms with van der Waals surface area (Å²) >= 11 is 0. The number of benzene rings is 3. The number of nitrogens with one attached hydrogen (secondary N) is 2. The molecule has 1 aliphatic heterocycles. The Kier molecular flexibility index (Phi) is 5.81. The summed E-state index contributed by atoms with van der Waals surface area (Å²) in [5.41, 5.74) is 4.88. The van der Waals surface area contributed by atoms with E-state index in [9.17, 15) is 9.59 Å². The van der Waals surface area contributed by atoms with E-state index < -0.39 is 5.97 Å². The van der Waals surface area contributed by atoms with E-state index in [0.717, 1.165) is 34.6 Å². The van der Waals surface area contributed by atoms with E-state index in [4.69, 9.17) is 9.47 Å². The van der Waals surface area contributed by atoms with Gasteiger partial charge < -0.3 is 20.1 Å². The minimum absolute atomic E-state index is 0.105. The zero-order chi connectivity index (χ0) is 24.6. The molecule has 5 rings (SSSR count). The second-order valence-corrected chi connectivity index (χ2v) is 9.77. The van der Waals surface area contributed by atoms with Gasteiger partial charge >= 0.3 is 5.97 Å². The van der Waals surface area contributed by atoms with Gasteiger partial charge in [-0.15, -0.1) is 0 Å². The molecule has 6 nitrogen and oxygen atoms in total. The monoisotopic (exact) mass is 468 g/mol. The Balaban J connectivity index is 1.43. The minimum atomic E-state index is -0.444. The molecule has 0 amide bonds. The Hall–Kier alpha value is -4.06. The first kappa shape index (κ1) is 22.7. The molecule has 0 unspecified atom stereocenters. The SMILES string of the molecule is COc1ccc(C(=O)Oc2ccc([C@H]3Nc4ccccc4NC4=C3C(=O)CC(C)(C)C4)cc2)cc1. The summed E-state index contributed by atoms with van der Waals surface area (Å²) in [5.74, 6) is 0.809. The number of hydrogen-bond acceptors (Lipinski definition) is 6. The maximum Gasteiger partial charge on any atom is 0.343 e. The first-order chi connectivity index (χ1) is 16.8. The summed E-state index contributed by atoms with van der Waals surface area (Å²) in [4.78, 5) is 25.9. The number of fused-ring (bicyclic) bond motifs is 1. The first-order valence-electron chi connectivity index (χ1n) is 11.7. The molecular weight excluding hydrogens is 440 g/mol. The van der Waals surface area contributed by atoms with Gasteiger partial charge in [-0.1, -0.05) is 38.1 Å². The van der Waals surface area contributed by atoms with Gasteiger partial charge in [-0.3, -0.25) is 4.79 Å². The maximum absolute atomic E-state index is 13.3. The van der Waals surface area contributed by atoms with Gasteiger partial charge in [0.2, 0.25) is 0 Å². The van der Waals surface area contributed by atoms with Crippen LogP contribution in [-0.2, 0) is 4.79 Å². The smallest absolute Gasteiger partial charge is 0.343 e. The fourth-order valence-electron chi connectivity index (χ4n) is 4.76. The van der Waals surface area contributed by atoms with Crippen LogP contribution in [0.25, 0.3) is 0 Å². The van der Waals surface area contributed by atoms with Crippen molar-refractivity contribution >= 4 is 23.1 Å². The third kappa shape index (κ3) is 4.64. The van der Waals surface area contributed by atoms with E-state index in [1.165, 1.54) is 0 Å². The zero-order valence-electron chi connectivity index (χ0n) is 20.1. The predicted octanol–water partition coefficient (Wildman–Crippen LogP) is 6.14. The summed E-state index contributed by atoms with van der Waals surface area (Å²) in [5, 5.41) is 7.10. The third-order valence-electron chi connectivity index (χ3n) is 6.47. The number of hydrogen-bond donors (Lipinski definition) is 2. The lowest BCUT2D eigenvalue weighted by molar-refractivity contribution is -0.118. The van der Waals surface area contributed by atoms with Gasteiger partial charge in [-0.05, 0) is 65.9 Å². The highest BCUT2D eigenvalue weighted by Crippen LogP contribution is 2.45. The quantitative estimate of drug-likeness (QED) is 0.354. The molecule has 178 valence electrons. The standard InChI is InChI=1S/C29H28N2O4/c1-29(2)16-24-26(25(32)17-29)27(31-23-7-5-4-6-22(23)30-24)18-8-14-21(15-9-18)35-28(33)19-10-12-20(34-3)13-11-19/h4-15,27,30-31H,16-17H2,1-3H3/t27-/m1/s1. The lowest BCUT2D eigenvalue weighted by atomic mass is 9.73. The van der Waals surface area contributed by atoms with Crippen LogP contribution < -0.4 is 20.1 Å². The number of Topliss-reactive ketones (excluding diaryl/α,β-unsaturated/α-hetero) is 1. The van der Waals surface area contributed by atoms with Crippen LogP contribution in [0.3, 0.4) is 0 Å². The number of anilines is 2. The van der Waals surface area contributed by atoms with Crippen LogP contribution in [0.4, 0.5) is 11.4 Å². The average Bonchev–Trinajstić information content (AvgIpc) is 3.00. The van der Waals surface area contributed by atoms with Gasteiger partial charge in [0.05, 0.1) is 30.1 Å². The third-order valence-corrected chi connectivity index (χ3v) is 6.47. The lowest BCUT2D eigenvalue weighted by Gasteiger charge is -2.34. The Bertz CT molecular complexity index is 1310. The number of carbonyl (C=O) groups excluding carboxylic acids is 2. The molecule has 0 saturated heterocycles. The van der Waals surface area contributed by atoms with E-state index in [1.807, 2.05) is 36.4 Å². The molecule has 1 aliphatic carbocycles. The lowest BCUT2D eigenvalue weighted by Crippen LogP contribution is -2.31. The van der Waals surface area contributed by atoms with Gasteiger partial charge in [0.15, 0.2) is 5.78 Å². The molecule has 0 aromatic heterocycles. The number of esters is 1. The van der Waals surface area contributed by atoms with Crippen molar-refractivity contribution < 1.29 is 19.1 Å². The van der Waals surface area contributed by atoms with Gasteiger partial charge in [0.25, 0.3) is 0 Å². The number of methoxy groups -OCH3 is 1. The zero-order valence-corrected chi connectivity index (χ0v) is 20.1. The van der Waals surface area contributed by atoms with Crippen LogP contribution in [-0.4, -0.2) is 18.9 Å². The molecule has 3 aromatic rings. The van der Waals surface area contributed by atoms with Gasteiger partial charge in [0, 0.05) is 17.7 Å². The fourth-order valence-corrected chi connectivity index (χ4v) is 4.76. The molecule has 3 aromatic carbocycles. The molecule has 2 aliphatic rings. The van der Waals surface area contributed by atoms with Crippen molar-refractivity contribution in [3.63, 3.8) is 0 Å². The van der Waals surface area contributed by atoms with Crippen molar-refractivity contribution in [2.45, 2.75) is 32.7 Å². The average molecular weight is 469 g/mol. The summed E-state index contributed by atoms with van der Waals surface area (Å²) < 4.78 is 10.7. The number of para-hydroxylation sites is 2. The molecule has 2 N–H and O–H groups in total. The highest BCUT2D eigenvalue weighted by atomic mass is 16.5. The van der Waals surface area contributed by atoms with Crippen LogP contribution in [0.1, 0.15) is 48.7 Å². The van der Waals surface area contributed by atoms with Gasteiger partial charge in [-0.25, -0.2) is 4.79 Å². The number of allylic oxidation sites excluding steroid dienone is 1. The molecule has 0 bridgehead atoms. The maximum atomic E-state index is 13.3. The van der Waals surface area contributed by atoms with Crippen LogP contribution in [0, 0.1) is 5.41 Å². The van der Waals surface area contributed by atoms with Crippen LogP contribution in [0.5, 0.6) is 11.5 Å². The van der Waals surface area contributed by atoms with Crippen molar-refractivity contribution in [1.29, 1.82) is 0 Å². The van der Waals surface area contributed by atoms with Gasteiger partial charge in [-0.2, -0.15) is 0 Å². The number of ether oxygens (including phenoxy) is 2. The Morgan fingerprint density at radius 3 is 2.23 bits per heavy atom. The van der Waals surface area contributed by atoms with E-state index >= 15 is 0 Å². The highest BCUT2D eigenvalue weighted by molar-refractivity contribution is 6.01. The minimum Gasteiger partial charge on any atom is -0.497 e. The van der Waals surface area contributed by atoms with Crippen molar-refractivity contribution in [1.82, 2.24) is 0 Å². The Morgan fingerprint density at radius 1 is 0.886 bits per heavy atom. The highest BCUT2D eigenvalue weighted by Gasteiger charge is 2.38. The van der Waals surface area contributed by atoms with Gasteiger partial charge in [0.1, 0.15) is 11.5 Å². The largest absolute Gasteiger partial charge is 0.497 e. The second kappa shape index (κ2) is 8.95. The normalized spacial score (nSPS) is 18.4. The second-order valence-electron chi connectivity index (χ2n) is 9.77. The summed E-state index contributed by atoms with van der Waals surface area (Å²) in [6, 6.07) is 21.8. The number of carbonyl (C=O) groups is 2. The molecule has 0 radical (unpaired) electrons. The number of rotatable bonds is 4. The van der Waals surface area contributed by atoms with Crippen LogP contribution in [0.2, 0.25) is 0 Å². The molecule has 0 spiro atoms. The summed E-state index contributed by atoms with van der Waals surface area (Å²) in [7, 11) is 1.58. The van der Waals surface area contributed by atoms with Crippen LogP contribution >= 0.6 is 0 Å². The summed E-state index contributed by atoms with van der Waals surface area (Å²) in [6.07, 6.45) is 1.29. The predicted molar refractivity (Wildman–Crippen MR) is 136 cm³/mol. The molecule has 0 fully saturated rings. The van der Waals surface area contributed by atoms with E-state index in [1.54, 1.807) is 43.5 Å². The van der Waals surface area contributed by atoms with E-state index in [0.29, 0.717) is 23.5 Å². The van der Waals surface area contributed by atoms with Crippen molar-refractivity contribution in [3.05, 3.63) is 95.2 Å². The molecular formula is C29H28N2O4. The van der Waals surface area contributed by atoms with Crippen LogP contribution in [0.15, 0.2) is 84.1 Å². The molecule has 1 atom stereocenters. The Morgan fingerprint density at radius 2 is 1.54 bits per heavy atom. The fraction of sp³-hybridized carbons (Fsp3) is 0.241.